The number of fused-ring (bicyclic) bond motifs is 1. The normalized spacial score (nSPS) is 10.8. The molecule has 0 aliphatic rings. The van der Waals surface area contributed by atoms with Crippen LogP contribution in [0.15, 0.2) is 48.7 Å². The molecule has 2 nitrogen and oxygen atoms in total. The molecule has 3 heteroatoms. The second-order valence-corrected chi connectivity index (χ2v) is 4.61. The average Bonchev–Trinajstić information content (AvgIpc) is 2.80. The lowest BCUT2D eigenvalue weighted by Gasteiger charge is -2.05. The van der Waals surface area contributed by atoms with Gasteiger partial charge in [-0.3, -0.25) is 0 Å². The lowest BCUT2D eigenvalue weighted by molar-refractivity contribution is 0.307. The number of halogens is 1. The summed E-state index contributed by atoms with van der Waals surface area (Å²) in [6.45, 7) is 2.53. The van der Waals surface area contributed by atoms with Crippen molar-refractivity contribution >= 4 is 10.9 Å². The molecule has 1 N–H and O–H groups in total. The van der Waals surface area contributed by atoms with Crippen LogP contribution < -0.4 is 4.74 Å². The number of nitrogens with one attached hydrogen (secondary N) is 1. The highest BCUT2D eigenvalue weighted by molar-refractivity contribution is 5.83. The summed E-state index contributed by atoms with van der Waals surface area (Å²) in [6.07, 6.45) is 1.95. The van der Waals surface area contributed by atoms with Crippen molar-refractivity contribution in [3.63, 3.8) is 0 Å². The molecule has 0 fully saturated rings. The third-order valence-corrected chi connectivity index (χ3v) is 3.13. The van der Waals surface area contributed by atoms with Gasteiger partial charge in [0.05, 0.1) is 0 Å². The molecule has 1 aromatic heterocycles. The molecule has 96 valence electrons. The Morgan fingerprint density at radius 1 is 1.11 bits per heavy atom. The van der Waals surface area contributed by atoms with E-state index in [1.54, 1.807) is 12.1 Å². The molecule has 0 aliphatic heterocycles. The predicted octanol–water partition coefficient (Wildman–Crippen LogP) is 4.19. The van der Waals surface area contributed by atoms with Crippen LogP contribution in [0.4, 0.5) is 4.39 Å². The van der Waals surface area contributed by atoms with Crippen molar-refractivity contribution in [3.05, 3.63) is 65.6 Å². The number of hydrogen-bond donors (Lipinski definition) is 1. The largest absolute Gasteiger partial charge is 0.489 e. The molecule has 19 heavy (non-hydrogen) atoms. The summed E-state index contributed by atoms with van der Waals surface area (Å²) in [5.74, 6) is 0.415. The third kappa shape index (κ3) is 2.45. The van der Waals surface area contributed by atoms with Gasteiger partial charge in [0.25, 0.3) is 0 Å². The number of benzene rings is 2. The molecular formula is C16H14FNO. The fraction of sp³-hybridized carbons (Fsp3) is 0.125. The Labute approximate surface area is 110 Å². The predicted molar refractivity (Wildman–Crippen MR) is 73.8 cm³/mol. The van der Waals surface area contributed by atoms with Gasteiger partial charge in [0.2, 0.25) is 0 Å². The fourth-order valence-electron chi connectivity index (χ4n) is 2.10. The van der Waals surface area contributed by atoms with Crippen LogP contribution in [-0.4, -0.2) is 4.98 Å². The first-order valence-electron chi connectivity index (χ1n) is 6.17. The number of rotatable bonds is 3. The van der Waals surface area contributed by atoms with Crippen molar-refractivity contribution in [2.24, 2.45) is 0 Å². The van der Waals surface area contributed by atoms with Gasteiger partial charge < -0.3 is 9.72 Å². The molecule has 0 saturated carbocycles. The molecule has 0 saturated heterocycles. The molecule has 0 radical (unpaired) electrons. The van der Waals surface area contributed by atoms with Crippen LogP contribution >= 0.6 is 0 Å². The van der Waals surface area contributed by atoms with Crippen LogP contribution in [0.5, 0.6) is 5.75 Å². The number of hydrogen-bond acceptors (Lipinski definition) is 1. The van der Waals surface area contributed by atoms with Crippen LogP contribution in [0.1, 0.15) is 11.1 Å². The van der Waals surface area contributed by atoms with E-state index >= 15 is 0 Å². The minimum atomic E-state index is -0.255. The van der Waals surface area contributed by atoms with E-state index < -0.39 is 0 Å². The Hall–Kier alpha value is -2.29. The van der Waals surface area contributed by atoms with Crippen molar-refractivity contribution in [1.82, 2.24) is 4.98 Å². The zero-order chi connectivity index (χ0) is 13.2. The zero-order valence-electron chi connectivity index (χ0n) is 10.6. The zero-order valence-corrected chi connectivity index (χ0v) is 10.6. The lowest BCUT2D eigenvalue weighted by Crippen LogP contribution is -1.94. The van der Waals surface area contributed by atoms with E-state index in [-0.39, 0.29) is 5.82 Å². The van der Waals surface area contributed by atoms with Crippen LogP contribution in [0.25, 0.3) is 10.9 Å². The third-order valence-electron chi connectivity index (χ3n) is 3.13. The Morgan fingerprint density at radius 3 is 2.68 bits per heavy atom. The quantitative estimate of drug-likeness (QED) is 0.745. The first kappa shape index (κ1) is 11.8. The van der Waals surface area contributed by atoms with Gasteiger partial charge in [-0.1, -0.05) is 11.6 Å². The summed E-state index contributed by atoms with van der Waals surface area (Å²) in [7, 11) is 0. The number of aromatic nitrogens is 1. The molecule has 0 unspecified atom stereocenters. The van der Waals surface area contributed by atoms with Gasteiger partial charge in [-0.25, -0.2) is 4.39 Å². The maximum Gasteiger partial charge on any atom is 0.123 e. The van der Waals surface area contributed by atoms with Crippen molar-refractivity contribution in [3.8, 4) is 5.75 Å². The first-order chi connectivity index (χ1) is 9.22. The number of aromatic amines is 1. The van der Waals surface area contributed by atoms with Crippen LogP contribution in [0, 0.1) is 12.7 Å². The summed E-state index contributed by atoms with van der Waals surface area (Å²) in [6, 6.07) is 12.3. The van der Waals surface area contributed by atoms with Gasteiger partial charge in [0, 0.05) is 22.7 Å². The SMILES string of the molecule is Cc1ccc2[nH]cc(COc3ccc(F)cc3)c2c1. The monoisotopic (exact) mass is 255 g/mol. The van der Waals surface area contributed by atoms with E-state index in [1.165, 1.54) is 23.1 Å². The van der Waals surface area contributed by atoms with Crippen LogP contribution in [0.2, 0.25) is 0 Å². The molecule has 0 bridgehead atoms. The van der Waals surface area contributed by atoms with Gasteiger partial charge in [0.1, 0.15) is 18.2 Å². The molecule has 0 spiro atoms. The number of H-pyrrole nitrogens is 1. The molecule has 1 heterocycles. The van der Waals surface area contributed by atoms with Crippen molar-refractivity contribution in [1.29, 1.82) is 0 Å². The second-order valence-electron chi connectivity index (χ2n) is 4.61. The Balaban J connectivity index is 1.81. The van der Waals surface area contributed by atoms with E-state index in [1.807, 2.05) is 6.20 Å². The second kappa shape index (κ2) is 4.76. The summed E-state index contributed by atoms with van der Waals surface area (Å²) in [5.41, 5.74) is 3.42. The van der Waals surface area contributed by atoms with E-state index in [9.17, 15) is 4.39 Å². The molecule has 2 aromatic carbocycles. The van der Waals surface area contributed by atoms with Crippen LogP contribution in [0.3, 0.4) is 0 Å². The summed E-state index contributed by atoms with van der Waals surface area (Å²) in [4.78, 5) is 3.22. The summed E-state index contributed by atoms with van der Waals surface area (Å²) in [5, 5.41) is 1.17. The maximum atomic E-state index is 12.8. The average molecular weight is 255 g/mol. The summed E-state index contributed by atoms with van der Waals surface area (Å²) < 4.78 is 18.5. The van der Waals surface area contributed by atoms with Gasteiger partial charge in [-0.2, -0.15) is 0 Å². The molecule has 0 aliphatic carbocycles. The van der Waals surface area contributed by atoms with Crippen molar-refractivity contribution in [2.45, 2.75) is 13.5 Å². The standard InChI is InChI=1S/C16H14FNO/c1-11-2-7-16-15(8-11)12(9-18-16)10-19-14-5-3-13(17)4-6-14/h2-9,18H,10H2,1H3. The van der Waals surface area contributed by atoms with Crippen molar-refractivity contribution in [2.75, 3.05) is 0 Å². The highest BCUT2D eigenvalue weighted by Gasteiger charge is 2.04. The van der Waals surface area contributed by atoms with Gasteiger partial charge in [0.15, 0.2) is 0 Å². The Kier molecular flexibility index (Phi) is 2.95. The van der Waals surface area contributed by atoms with Gasteiger partial charge in [-0.15, -0.1) is 0 Å². The molecule has 0 amide bonds. The fourth-order valence-corrected chi connectivity index (χ4v) is 2.10. The smallest absolute Gasteiger partial charge is 0.123 e. The highest BCUT2D eigenvalue weighted by Crippen LogP contribution is 2.21. The summed E-state index contributed by atoms with van der Waals surface area (Å²) >= 11 is 0. The number of aryl methyl sites for hydroxylation is 1. The van der Waals surface area contributed by atoms with E-state index in [2.05, 4.69) is 30.1 Å². The highest BCUT2D eigenvalue weighted by atomic mass is 19.1. The molecule has 3 aromatic rings. The van der Waals surface area contributed by atoms with Crippen LogP contribution in [-0.2, 0) is 6.61 Å². The van der Waals surface area contributed by atoms with E-state index in [0.29, 0.717) is 12.4 Å². The Morgan fingerprint density at radius 2 is 1.89 bits per heavy atom. The molecule has 3 rings (SSSR count). The van der Waals surface area contributed by atoms with E-state index in [4.69, 9.17) is 4.74 Å². The molecular weight excluding hydrogens is 241 g/mol. The first-order valence-corrected chi connectivity index (χ1v) is 6.17. The number of ether oxygens (including phenoxy) is 1. The lowest BCUT2D eigenvalue weighted by atomic mass is 10.1. The minimum Gasteiger partial charge on any atom is -0.489 e. The van der Waals surface area contributed by atoms with Crippen molar-refractivity contribution < 1.29 is 9.13 Å². The molecule has 0 atom stereocenters. The van der Waals surface area contributed by atoms with Gasteiger partial charge >= 0.3 is 0 Å². The maximum absolute atomic E-state index is 12.8. The van der Waals surface area contributed by atoms with E-state index in [0.717, 1.165) is 11.1 Å². The minimum absolute atomic E-state index is 0.255. The van der Waals surface area contributed by atoms with Gasteiger partial charge in [-0.05, 0) is 43.3 Å². The Bertz CT molecular complexity index is 700. The topological polar surface area (TPSA) is 25.0 Å².